The number of H-pyrrole nitrogens is 1. The lowest BCUT2D eigenvalue weighted by Gasteiger charge is -2.18. The smallest absolute Gasteiger partial charge is 0.230 e. The third-order valence-corrected chi connectivity index (χ3v) is 4.43. The van der Waals surface area contributed by atoms with Crippen molar-refractivity contribution in [3.8, 4) is 11.5 Å². The number of hydrogen-bond acceptors (Lipinski definition) is 4. The van der Waals surface area contributed by atoms with E-state index in [9.17, 15) is 4.79 Å². The Labute approximate surface area is 146 Å². The Hall–Kier alpha value is -2.54. The number of fused-ring (bicyclic) bond motifs is 2. The Morgan fingerprint density at radius 3 is 2.92 bits per heavy atom. The summed E-state index contributed by atoms with van der Waals surface area (Å²) in [6.45, 7) is 1.07. The first kappa shape index (κ1) is 15.0. The zero-order chi connectivity index (χ0) is 16.5. The van der Waals surface area contributed by atoms with Crippen LogP contribution in [-0.4, -0.2) is 29.3 Å². The molecule has 0 unspecified atom stereocenters. The van der Waals surface area contributed by atoms with Crippen molar-refractivity contribution in [2.24, 2.45) is 0 Å². The standard InChI is InChI=1S/C17H14BrN3O3/c18-11-2-1-3-12-16(11)17(21-20-12)19-15(22)9-10-4-5-13-14(8-10)24-7-6-23-13/h1-5,8H,6-7,9H2,(H2,19,20,21,22). The van der Waals surface area contributed by atoms with Crippen LogP contribution in [0.15, 0.2) is 40.9 Å². The van der Waals surface area contributed by atoms with Gasteiger partial charge in [-0.2, -0.15) is 5.10 Å². The first-order chi connectivity index (χ1) is 11.7. The van der Waals surface area contributed by atoms with E-state index in [0.29, 0.717) is 30.5 Å². The highest BCUT2D eigenvalue weighted by molar-refractivity contribution is 9.10. The van der Waals surface area contributed by atoms with Crippen LogP contribution in [0, 0.1) is 0 Å². The molecule has 2 aromatic carbocycles. The molecule has 2 heterocycles. The molecule has 0 aliphatic carbocycles. The normalized spacial score (nSPS) is 13.0. The van der Waals surface area contributed by atoms with Gasteiger partial charge in [-0.3, -0.25) is 9.89 Å². The van der Waals surface area contributed by atoms with E-state index < -0.39 is 0 Å². The molecule has 0 radical (unpaired) electrons. The largest absolute Gasteiger partial charge is 0.486 e. The Morgan fingerprint density at radius 1 is 1.21 bits per heavy atom. The summed E-state index contributed by atoms with van der Waals surface area (Å²) >= 11 is 3.48. The lowest BCUT2D eigenvalue weighted by molar-refractivity contribution is -0.115. The predicted octanol–water partition coefficient (Wildman–Crippen LogP) is 3.28. The summed E-state index contributed by atoms with van der Waals surface area (Å²) in [4.78, 5) is 12.4. The quantitative estimate of drug-likeness (QED) is 0.722. The van der Waals surface area contributed by atoms with Gasteiger partial charge in [0.2, 0.25) is 5.91 Å². The zero-order valence-electron chi connectivity index (χ0n) is 12.6. The number of rotatable bonds is 3. The number of carbonyl (C=O) groups is 1. The molecule has 0 bridgehead atoms. The molecule has 122 valence electrons. The van der Waals surface area contributed by atoms with Crippen molar-refractivity contribution >= 4 is 38.6 Å². The lowest BCUT2D eigenvalue weighted by Crippen LogP contribution is -2.17. The highest BCUT2D eigenvalue weighted by Crippen LogP contribution is 2.31. The van der Waals surface area contributed by atoms with Gasteiger partial charge in [-0.1, -0.05) is 12.1 Å². The number of benzene rings is 2. The zero-order valence-corrected chi connectivity index (χ0v) is 14.2. The Morgan fingerprint density at radius 2 is 2.04 bits per heavy atom. The van der Waals surface area contributed by atoms with Gasteiger partial charge in [0.25, 0.3) is 0 Å². The van der Waals surface area contributed by atoms with E-state index in [4.69, 9.17) is 9.47 Å². The monoisotopic (exact) mass is 387 g/mol. The second-order valence-corrected chi connectivity index (χ2v) is 6.29. The van der Waals surface area contributed by atoms with E-state index in [1.54, 1.807) is 0 Å². The van der Waals surface area contributed by atoms with Gasteiger partial charge in [0.1, 0.15) is 13.2 Å². The van der Waals surface area contributed by atoms with Crippen LogP contribution < -0.4 is 14.8 Å². The fourth-order valence-corrected chi connectivity index (χ4v) is 3.23. The Kier molecular flexibility index (Phi) is 3.86. The third kappa shape index (κ3) is 2.82. The van der Waals surface area contributed by atoms with Crippen molar-refractivity contribution < 1.29 is 14.3 Å². The van der Waals surface area contributed by atoms with Crippen molar-refractivity contribution in [3.63, 3.8) is 0 Å². The Balaban J connectivity index is 1.52. The summed E-state index contributed by atoms with van der Waals surface area (Å²) in [7, 11) is 0. The molecule has 4 rings (SSSR count). The first-order valence-corrected chi connectivity index (χ1v) is 8.31. The summed E-state index contributed by atoms with van der Waals surface area (Å²) in [5.41, 5.74) is 1.72. The fourth-order valence-electron chi connectivity index (χ4n) is 2.68. The van der Waals surface area contributed by atoms with E-state index >= 15 is 0 Å². The van der Waals surface area contributed by atoms with Crippen molar-refractivity contribution in [2.75, 3.05) is 18.5 Å². The molecule has 0 fully saturated rings. The maximum absolute atomic E-state index is 12.4. The van der Waals surface area contributed by atoms with E-state index in [1.165, 1.54) is 0 Å². The van der Waals surface area contributed by atoms with Crippen LogP contribution in [0.3, 0.4) is 0 Å². The summed E-state index contributed by atoms with van der Waals surface area (Å²) < 4.78 is 11.9. The summed E-state index contributed by atoms with van der Waals surface area (Å²) in [6, 6.07) is 11.3. The van der Waals surface area contributed by atoms with E-state index in [2.05, 4.69) is 31.4 Å². The number of anilines is 1. The highest BCUT2D eigenvalue weighted by Gasteiger charge is 2.15. The van der Waals surface area contributed by atoms with Crippen LogP contribution >= 0.6 is 15.9 Å². The third-order valence-electron chi connectivity index (χ3n) is 3.77. The number of nitrogens with zero attached hydrogens (tertiary/aromatic N) is 1. The van der Waals surface area contributed by atoms with E-state index in [1.807, 2.05) is 36.4 Å². The molecule has 2 N–H and O–H groups in total. The number of amides is 1. The molecule has 1 amide bonds. The van der Waals surface area contributed by atoms with Crippen LogP contribution in [0.5, 0.6) is 11.5 Å². The second-order valence-electron chi connectivity index (χ2n) is 5.44. The van der Waals surface area contributed by atoms with E-state index in [0.717, 1.165) is 20.9 Å². The average Bonchev–Trinajstić information content (AvgIpc) is 2.99. The maximum Gasteiger partial charge on any atom is 0.230 e. The molecule has 1 aliphatic rings. The van der Waals surface area contributed by atoms with Crippen molar-refractivity contribution in [1.29, 1.82) is 0 Å². The first-order valence-electron chi connectivity index (χ1n) is 7.52. The fraction of sp³-hybridized carbons (Fsp3) is 0.176. The minimum atomic E-state index is -0.143. The number of aromatic nitrogens is 2. The highest BCUT2D eigenvalue weighted by atomic mass is 79.9. The van der Waals surface area contributed by atoms with Gasteiger partial charge in [-0.15, -0.1) is 0 Å². The van der Waals surface area contributed by atoms with Gasteiger partial charge in [-0.25, -0.2) is 0 Å². The van der Waals surface area contributed by atoms with Crippen LogP contribution in [0.1, 0.15) is 5.56 Å². The summed E-state index contributed by atoms with van der Waals surface area (Å²) in [6.07, 6.45) is 0.232. The van der Waals surface area contributed by atoms with Gasteiger partial charge in [-0.05, 0) is 45.8 Å². The molecule has 1 aromatic heterocycles. The molecular weight excluding hydrogens is 374 g/mol. The summed E-state index contributed by atoms with van der Waals surface area (Å²) in [5.74, 6) is 1.77. The van der Waals surface area contributed by atoms with Crippen molar-refractivity contribution in [1.82, 2.24) is 10.2 Å². The van der Waals surface area contributed by atoms with Crippen molar-refractivity contribution in [2.45, 2.75) is 6.42 Å². The van der Waals surface area contributed by atoms with Crippen LogP contribution in [0.4, 0.5) is 5.82 Å². The van der Waals surface area contributed by atoms with Gasteiger partial charge >= 0.3 is 0 Å². The lowest BCUT2D eigenvalue weighted by atomic mass is 10.1. The Bertz CT molecular complexity index is 923. The molecule has 6 nitrogen and oxygen atoms in total. The minimum Gasteiger partial charge on any atom is -0.486 e. The molecule has 24 heavy (non-hydrogen) atoms. The number of nitrogens with one attached hydrogen (secondary N) is 2. The number of aromatic amines is 1. The van der Waals surface area contributed by atoms with Gasteiger partial charge in [0.05, 0.1) is 17.3 Å². The number of halogens is 1. The van der Waals surface area contributed by atoms with Crippen LogP contribution in [0.25, 0.3) is 10.9 Å². The average molecular weight is 388 g/mol. The molecule has 0 spiro atoms. The molecular formula is C17H14BrN3O3. The van der Waals surface area contributed by atoms with Gasteiger partial charge in [0.15, 0.2) is 17.3 Å². The SMILES string of the molecule is O=C(Cc1ccc2c(c1)OCCO2)Nc1n[nH]c2cccc(Br)c12. The van der Waals surface area contributed by atoms with Crippen LogP contribution in [-0.2, 0) is 11.2 Å². The molecule has 0 saturated heterocycles. The topological polar surface area (TPSA) is 76.2 Å². The summed E-state index contributed by atoms with van der Waals surface area (Å²) in [5, 5.41) is 10.8. The van der Waals surface area contributed by atoms with Gasteiger partial charge < -0.3 is 14.8 Å². The molecule has 1 aliphatic heterocycles. The number of carbonyl (C=O) groups excluding carboxylic acids is 1. The second kappa shape index (κ2) is 6.16. The number of ether oxygens (including phenoxy) is 2. The molecule has 3 aromatic rings. The van der Waals surface area contributed by atoms with Gasteiger partial charge in [0, 0.05) is 4.47 Å². The minimum absolute atomic E-state index is 0.143. The number of hydrogen-bond donors (Lipinski definition) is 2. The van der Waals surface area contributed by atoms with Crippen LogP contribution in [0.2, 0.25) is 0 Å². The van der Waals surface area contributed by atoms with Crippen molar-refractivity contribution in [3.05, 3.63) is 46.4 Å². The molecule has 0 saturated carbocycles. The maximum atomic E-state index is 12.4. The molecule has 7 heteroatoms. The van der Waals surface area contributed by atoms with E-state index in [-0.39, 0.29) is 12.3 Å². The predicted molar refractivity (Wildman–Crippen MR) is 93.6 cm³/mol. The molecule has 0 atom stereocenters.